The highest BCUT2D eigenvalue weighted by Crippen LogP contribution is 2.44. The second-order valence-corrected chi connectivity index (χ2v) is 5.63. The van der Waals surface area contributed by atoms with Crippen LogP contribution in [0.3, 0.4) is 0 Å². The van der Waals surface area contributed by atoms with Crippen LogP contribution in [0.25, 0.3) is 0 Å². The van der Waals surface area contributed by atoms with Gasteiger partial charge in [0.2, 0.25) is 0 Å². The number of hydrogen-bond donors (Lipinski definition) is 0. The van der Waals surface area contributed by atoms with Crippen LogP contribution in [0.5, 0.6) is 5.75 Å². The molecule has 0 spiro atoms. The lowest BCUT2D eigenvalue weighted by Crippen LogP contribution is -2.35. The largest absolute Gasteiger partial charge is 0.494 e. The standard InChI is InChI=1S/C16H25N3O/c1-6-20-13-9-7-8-12(10-13)14-11-15(14)17-16(18(2)3)19(4)5/h7-10,14-15H,6,11H2,1-5H3/t14-,15+/m0/s1. The fraction of sp³-hybridized carbons (Fsp3) is 0.562. The molecule has 0 amide bonds. The SMILES string of the molecule is CCOc1cccc([C@@H]2C[C@H]2N=C(N(C)C)N(C)C)c1. The van der Waals surface area contributed by atoms with Crippen molar-refractivity contribution in [2.45, 2.75) is 25.3 Å². The zero-order valence-corrected chi connectivity index (χ0v) is 13.1. The Balaban J connectivity index is 2.07. The number of hydrogen-bond acceptors (Lipinski definition) is 2. The minimum Gasteiger partial charge on any atom is -0.494 e. The molecule has 1 aromatic rings. The summed E-state index contributed by atoms with van der Waals surface area (Å²) in [4.78, 5) is 8.97. The molecule has 0 N–H and O–H groups in total. The van der Waals surface area contributed by atoms with Crippen LogP contribution in [0.2, 0.25) is 0 Å². The number of rotatable bonds is 4. The van der Waals surface area contributed by atoms with Gasteiger partial charge in [0, 0.05) is 34.1 Å². The molecule has 2 atom stereocenters. The Bertz CT molecular complexity index is 472. The van der Waals surface area contributed by atoms with E-state index in [0.717, 1.165) is 18.1 Å². The van der Waals surface area contributed by atoms with Crippen molar-refractivity contribution in [3.8, 4) is 5.75 Å². The molecule has 0 unspecified atom stereocenters. The number of ether oxygens (including phenoxy) is 1. The third kappa shape index (κ3) is 3.44. The quantitative estimate of drug-likeness (QED) is 0.624. The van der Waals surface area contributed by atoms with Crippen LogP contribution in [0.1, 0.15) is 24.8 Å². The Labute approximate surface area is 122 Å². The number of benzene rings is 1. The summed E-state index contributed by atoms with van der Waals surface area (Å²) < 4.78 is 5.56. The van der Waals surface area contributed by atoms with Crippen molar-refractivity contribution < 1.29 is 4.74 Å². The van der Waals surface area contributed by atoms with E-state index < -0.39 is 0 Å². The lowest BCUT2D eigenvalue weighted by Gasteiger charge is -2.22. The lowest BCUT2D eigenvalue weighted by molar-refractivity contribution is 0.340. The van der Waals surface area contributed by atoms with E-state index in [1.807, 2.05) is 41.2 Å². The zero-order valence-electron chi connectivity index (χ0n) is 13.1. The van der Waals surface area contributed by atoms with Gasteiger partial charge in [-0.2, -0.15) is 0 Å². The van der Waals surface area contributed by atoms with Gasteiger partial charge in [-0.25, -0.2) is 4.99 Å². The first-order valence-electron chi connectivity index (χ1n) is 7.18. The predicted octanol–water partition coefficient (Wildman–Crippen LogP) is 2.42. The minimum atomic E-state index is 0.395. The highest BCUT2D eigenvalue weighted by atomic mass is 16.5. The topological polar surface area (TPSA) is 28.1 Å². The zero-order chi connectivity index (χ0) is 14.7. The molecule has 0 aliphatic heterocycles. The molecule has 1 fully saturated rings. The van der Waals surface area contributed by atoms with Crippen molar-refractivity contribution in [3.63, 3.8) is 0 Å². The van der Waals surface area contributed by atoms with Gasteiger partial charge in [-0.1, -0.05) is 12.1 Å². The van der Waals surface area contributed by atoms with Crippen molar-refractivity contribution >= 4 is 5.96 Å². The summed E-state index contributed by atoms with van der Waals surface area (Å²) in [6.45, 7) is 2.72. The van der Waals surface area contributed by atoms with Crippen LogP contribution in [0.4, 0.5) is 0 Å². The highest BCUT2D eigenvalue weighted by molar-refractivity contribution is 5.79. The number of aliphatic imine (C=N–C) groups is 1. The third-order valence-corrected chi connectivity index (χ3v) is 3.44. The molecule has 1 aromatic carbocycles. The smallest absolute Gasteiger partial charge is 0.195 e. The Hall–Kier alpha value is -1.71. The number of guanidine groups is 1. The Morgan fingerprint density at radius 3 is 2.55 bits per heavy atom. The molecule has 1 aliphatic carbocycles. The first-order valence-corrected chi connectivity index (χ1v) is 7.18. The molecule has 0 radical (unpaired) electrons. The lowest BCUT2D eigenvalue weighted by atomic mass is 10.1. The summed E-state index contributed by atoms with van der Waals surface area (Å²) in [7, 11) is 8.13. The fourth-order valence-corrected chi connectivity index (χ4v) is 2.46. The van der Waals surface area contributed by atoms with Crippen LogP contribution < -0.4 is 4.74 Å². The van der Waals surface area contributed by atoms with Gasteiger partial charge in [0.1, 0.15) is 5.75 Å². The molecular formula is C16H25N3O. The molecule has 4 nitrogen and oxygen atoms in total. The van der Waals surface area contributed by atoms with E-state index in [4.69, 9.17) is 9.73 Å². The van der Waals surface area contributed by atoms with Crippen LogP contribution in [-0.2, 0) is 0 Å². The maximum atomic E-state index is 5.56. The first-order chi connectivity index (χ1) is 9.52. The van der Waals surface area contributed by atoms with Gasteiger partial charge in [-0.3, -0.25) is 0 Å². The van der Waals surface area contributed by atoms with E-state index >= 15 is 0 Å². The van der Waals surface area contributed by atoms with E-state index in [2.05, 4.69) is 28.0 Å². The first kappa shape index (κ1) is 14.7. The Kier molecular flexibility index (Phi) is 4.53. The fourth-order valence-electron chi connectivity index (χ4n) is 2.46. The molecule has 1 aliphatic rings. The Morgan fingerprint density at radius 1 is 1.25 bits per heavy atom. The summed E-state index contributed by atoms with van der Waals surface area (Å²) in [5.41, 5.74) is 1.33. The predicted molar refractivity (Wildman–Crippen MR) is 83.6 cm³/mol. The summed E-state index contributed by atoms with van der Waals surface area (Å²) in [6.07, 6.45) is 1.13. The molecule has 1 saturated carbocycles. The summed E-state index contributed by atoms with van der Waals surface area (Å²) in [6, 6.07) is 8.80. The van der Waals surface area contributed by atoms with Gasteiger partial charge in [0.15, 0.2) is 5.96 Å². The van der Waals surface area contributed by atoms with E-state index in [0.29, 0.717) is 18.6 Å². The van der Waals surface area contributed by atoms with Gasteiger partial charge < -0.3 is 14.5 Å². The van der Waals surface area contributed by atoms with Gasteiger partial charge in [-0.15, -0.1) is 0 Å². The van der Waals surface area contributed by atoms with Crippen molar-refractivity contribution in [2.24, 2.45) is 4.99 Å². The molecular weight excluding hydrogens is 250 g/mol. The molecule has 4 heteroatoms. The summed E-state index contributed by atoms with van der Waals surface area (Å²) in [5, 5.41) is 0. The molecule has 0 bridgehead atoms. The van der Waals surface area contributed by atoms with Gasteiger partial charge >= 0.3 is 0 Å². The second kappa shape index (κ2) is 6.16. The van der Waals surface area contributed by atoms with E-state index in [9.17, 15) is 0 Å². The van der Waals surface area contributed by atoms with E-state index in [1.54, 1.807) is 0 Å². The van der Waals surface area contributed by atoms with E-state index in [1.165, 1.54) is 5.56 Å². The summed E-state index contributed by atoms with van der Waals surface area (Å²) >= 11 is 0. The normalized spacial score (nSPS) is 20.2. The van der Waals surface area contributed by atoms with Crippen LogP contribution >= 0.6 is 0 Å². The highest BCUT2D eigenvalue weighted by Gasteiger charge is 2.39. The maximum absolute atomic E-state index is 5.56. The minimum absolute atomic E-state index is 0.395. The van der Waals surface area contributed by atoms with Gasteiger partial charge in [-0.05, 0) is 31.0 Å². The van der Waals surface area contributed by atoms with Crippen molar-refractivity contribution in [1.29, 1.82) is 0 Å². The van der Waals surface area contributed by atoms with E-state index in [-0.39, 0.29) is 0 Å². The molecule has 2 rings (SSSR count). The van der Waals surface area contributed by atoms with Gasteiger partial charge in [0.05, 0.1) is 12.6 Å². The number of nitrogens with zero attached hydrogens (tertiary/aromatic N) is 3. The monoisotopic (exact) mass is 275 g/mol. The van der Waals surface area contributed by atoms with Crippen LogP contribution in [0.15, 0.2) is 29.3 Å². The molecule has 20 heavy (non-hydrogen) atoms. The van der Waals surface area contributed by atoms with Crippen molar-refractivity contribution in [2.75, 3.05) is 34.8 Å². The average molecular weight is 275 g/mol. The summed E-state index contributed by atoms with van der Waals surface area (Å²) in [5.74, 6) is 2.52. The van der Waals surface area contributed by atoms with Crippen LogP contribution in [0, 0.1) is 0 Å². The molecule has 0 saturated heterocycles. The molecule has 0 aromatic heterocycles. The third-order valence-electron chi connectivity index (χ3n) is 3.44. The van der Waals surface area contributed by atoms with Crippen LogP contribution in [-0.4, -0.2) is 56.6 Å². The maximum Gasteiger partial charge on any atom is 0.195 e. The van der Waals surface area contributed by atoms with Crippen molar-refractivity contribution in [1.82, 2.24) is 9.80 Å². The molecule has 110 valence electrons. The van der Waals surface area contributed by atoms with Crippen molar-refractivity contribution in [3.05, 3.63) is 29.8 Å². The Morgan fingerprint density at radius 2 is 1.95 bits per heavy atom. The molecule has 0 heterocycles. The second-order valence-electron chi connectivity index (χ2n) is 5.63. The van der Waals surface area contributed by atoms with Gasteiger partial charge in [0.25, 0.3) is 0 Å². The average Bonchev–Trinajstić information content (AvgIpc) is 3.15.